The van der Waals surface area contributed by atoms with E-state index in [1.165, 1.54) is 11.0 Å². The van der Waals surface area contributed by atoms with Crippen LogP contribution in [0.1, 0.15) is 30.3 Å². The molecule has 0 atom stereocenters. The maximum Gasteiger partial charge on any atom is 0.276 e. The van der Waals surface area contributed by atoms with Crippen molar-refractivity contribution in [2.45, 2.75) is 19.8 Å². The molecule has 8 heteroatoms. The monoisotopic (exact) mass is 364 g/mol. The summed E-state index contributed by atoms with van der Waals surface area (Å²) in [5.41, 5.74) is 1.94. The quantitative estimate of drug-likeness (QED) is 0.640. The van der Waals surface area contributed by atoms with Crippen molar-refractivity contribution in [3.05, 3.63) is 54.6 Å². The van der Waals surface area contributed by atoms with E-state index in [9.17, 15) is 4.79 Å². The smallest absolute Gasteiger partial charge is 0.276 e. The van der Waals surface area contributed by atoms with Gasteiger partial charge in [0.25, 0.3) is 5.91 Å². The van der Waals surface area contributed by atoms with Gasteiger partial charge in [0, 0.05) is 12.2 Å². The van der Waals surface area contributed by atoms with E-state index in [1.807, 2.05) is 31.2 Å². The van der Waals surface area contributed by atoms with Crippen molar-refractivity contribution in [2.24, 2.45) is 5.92 Å². The lowest BCUT2D eigenvalue weighted by atomic mass is 10.2. The van der Waals surface area contributed by atoms with Gasteiger partial charge in [0.2, 0.25) is 0 Å². The van der Waals surface area contributed by atoms with Gasteiger partial charge in [0.15, 0.2) is 0 Å². The highest BCUT2D eigenvalue weighted by molar-refractivity contribution is 6.04. The first-order valence-electron chi connectivity index (χ1n) is 8.98. The number of amides is 1. The van der Waals surface area contributed by atoms with Crippen molar-refractivity contribution in [3.63, 3.8) is 0 Å². The number of hydrogen-bond acceptors (Lipinski definition) is 6. The first-order chi connectivity index (χ1) is 13.2. The molecule has 0 unspecified atom stereocenters. The van der Waals surface area contributed by atoms with E-state index in [2.05, 4.69) is 20.5 Å². The Hall–Kier alpha value is -3.29. The molecule has 0 spiro atoms. The molecular weight excluding hydrogens is 344 g/mol. The summed E-state index contributed by atoms with van der Waals surface area (Å²) < 4.78 is 6.99. The van der Waals surface area contributed by atoms with E-state index >= 15 is 0 Å². The van der Waals surface area contributed by atoms with Crippen molar-refractivity contribution >= 4 is 11.6 Å². The summed E-state index contributed by atoms with van der Waals surface area (Å²) >= 11 is 0. The van der Waals surface area contributed by atoms with Crippen LogP contribution < -0.4 is 9.64 Å². The maximum absolute atomic E-state index is 13.1. The zero-order valence-electron chi connectivity index (χ0n) is 15.0. The first kappa shape index (κ1) is 17.1. The van der Waals surface area contributed by atoms with Gasteiger partial charge in [-0.25, -0.2) is 4.98 Å². The van der Waals surface area contributed by atoms with Crippen LogP contribution >= 0.6 is 0 Å². The molecule has 1 aliphatic carbocycles. The van der Waals surface area contributed by atoms with Crippen LogP contribution in [0.25, 0.3) is 5.69 Å². The van der Waals surface area contributed by atoms with Crippen LogP contribution in [-0.4, -0.2) is 44.3 Å². The third-order valence-corrected chi connectivity index (χ3v) is 4.42. The summed E-state index contributed by atoms with van der Waals surface area (Å²) in [6.45, 7) is 3.26. The second-order valence-electron chi connectivity index (χ2n) is 6.44. The molecule has 1 aliphatic rings. The number of anilines is 1. The molecule has 27 heavy (non-hydrogen) atoms. The zero-order valence-corrected chi connectivity index (χ0v) is 15.0. The SMILES string of the molecule is CCOc1ccc(N(CC2CC2)C(=O)c2ccc(-n3cnnn3)cn2)cc1. The molecular formula is C19H20N6O2. The Bertz CT molecular complexity index is 889. The van der Waals surface area contributed by atoms with Gasteiger partial charge in [-0.15, -0.1) is 5.10 Å². The van der Waals surface area contributed by atoms with Crippen LogP contribution in [0.5, 0.6) is 5.75 Å². The fourth-order valence-electron chi connectivity index (χ4n) is 2.82. The number of tetrazole rings is 1. The van der Waals surface area contributed by atoms with E-state index in [1.54, 1.807) is 23.2 Å². The molecule has 0 N–H and O–H groups in total. The van der Waals surface area contributed by atoms with Crippen molar-refractivity contribution in [1.82, 2.24) is 25.2 Å². The number of benzene rings is 1. The number of aromatic nitrogens is 5. The average molecular weight is 364 g/mol. The Morgan fingerprint density at radius 3 is 2.63 bits per heavy atom. The Labute approximate surface area is 156 Å². The van der Waals surface area contributed by atoms with Gasteiger partial charge in [-0.05, 0) is 72.5 Å². The first-order valence-corrected chi connectivity index (χ1v) is 8.98. The summed E-state index contributed by atoms with van der Waals surface area (Å²) in [6, 6.07) is 11.1. The Morgan fingerprint density at radius 2 is 2.04 bits per heavy atom. The molecule has 8 nitrogen and oxygen atoms in total. The summed E-state index contributed by atoms with van der Waals surface area (Å²) in [5, 5.41) is 11.0. The van der Waals surface area contributed by atoms with Gasteiger partial charge in [-0.1, -0.05) is 0 Å². The van der Waals surface area contributed by atoms with Gasteiger partial charge in [0.05, 0.1) is 18.5 Å². The number of rotatable bonds is 7. The lowest BCUT2D eigenvalue weighted by Crippen LogP contribution is -2.33. The van der Waals surface area contributed by atoms with Gasteiger partial charge in [-0.2, -0.15) is 4.68 Å². The third-order valence-electron chi connectivity index (χ3n) is 4.42. The largest absolute Gasteiger partial charge is 0.494 e. The van der Waals surface area contributed by atoms with E-state index in [0.29, 0.717) is 30.5 Å². The lowest BCUT2D eigenvalue weighted by Gasteiger charge is -2.23. The van der Waals surface area contributed by atoms with E-state index in [-0.39, 0.29) is 5.91 Å². The molecule has 0 bridgehead atoms. The standard InChI is InChI=1S/C19H20N6O2/c1-2-27-17-8-5-15(6-9-17)24(12-14-3-4-14)19(26)18-10-7-16(11-20-18)25-13-21-22-23-25/h5-11,13-14H,2-4,12H2,1H3. The van der Waals surface area contributed by atoms with Crippen molar-refractivity contribution < 1.29 is 9.53 Å². The van der Waals surface area contributed by atoms with Gasteiger partial charge in [0.1, 0.15) is 17.8 Å². The van der Waals surface area contributed by atoms with Crippen molar-refractivity contribution in [1.29, 1.82) is 0 Å². The normalized spacial score (nSPS) is 13.4. The summed E-state index contributed by atoms with van der Waals surface area (Å²) in [4.78, 5) is 19.2. The Balaban J connectivity index is 1.56. The Morgan fingerprint density at radius 1 is 1.22 bits per heavy atom. The summed E-state index contributed by atoms with van der Waals surface area (Å²) in [6.07, 6.45) is 5.40. The highest BCUT2D eigenvalue weighted by Gasteiger charge is 2.28. The van der Waals surface area contributed by atoms with Gasteiger partial charge >= 0.3 is 0 Å². The molecule has 3 aromatic rings. The molecule has 2 aromatic heterocycles. The number of carbonyl (C=O) groups is 1. The van der Waals surface area contributed by atoms with Gasteiger partial charge < -0.3 is 9.64 Å². The molecule has 0 saturated heterocycles. The van der Waals surface area contributed by atoms with E-state index in [0.717, 1.165) is 24.3 Å². The second-order valence-corrected chi connectivity index (χ2v) is 6.44. The number of ether oxygens (including phenoxy) is 1. The second kappa shape index (κ2) is 7.53. The number of carbonyl (C=O) groups excluding carboxylic acids is 1. The van der Waals surface area contributed by atoms with Crippen LogP contribution in [0.4, 0.5) is 5.69 Å². The summed E-state index contributed by atoms with van der Waals surface area (Å²) in [7, 11) is 0. The zero-order chi connectivity index (χ0) is 18.6. The molecule has 4 rings (SSSR count). The molecule has 0 radical (unpaired) electrons. The molecule has 0 aliphatic heterocycles. The van der Waals surface area contributed by atoms with Gasteiger partial charge in [-0.3, -0.25) is 4.79 Å². The summed E-state index contributed by atoms with van der Waals surface area (Å²) in [5.74, 6) is 1.24. The van der Waals surface area contributed by atoms with Crippen LogP contribution in [0.15, 0.2) is 48.9 Å². The third kappa shape index (κ3) is 3.94. The van der Waals surface area contributed by atoms with Crippen LogP contribution in [0.2, 0.25) is 0 Å². The number of pyridine rings is 1. The van der Waals surface area contributed by atoms with Crippen LogP contribution in [-0.2, 0) is 0 Å². The van der Waals surface area contributed by atoms with E-state index in [4.69, 9.17) is 4.74 Å². The minimum absolute atomic E-state index is 0.116. The van der Waals surface area contributed by atoms with E-state index < -0.39 is 0 Å². The minimum atomic E-state index is -0.116. The predicted octanol–water partition coefficient (Wildman–Crippen LogP) is 2.51. The molecule has 1 amide bonds. The molecule has 1 fully saturated rings. The highest BCUT2D eigenvalue weighted by Crippen LogP contribution is 2.32. The minimum Gasteiger partial charge on any atom is -0.494 e. The molecule has 1 saturated carbocycles. The fourth-order valence-corrected chi connectivity index (χ4v) is 2.82. The highest BCUT2D eigenvalue weighted by atomic mass is 16.5. The van der Waals surface area contributed by atoms with Crippen LogP contribution in [0, 0.1) is 5.92 Å². The fraction of sp³-hybridized carbons (Fsp3) is 0.316. The van der Waals surface area contributed by atoms with Crippen LogP contribution in [0.3, 0.4) is 0 Å². The maximum atomic E-state index is 13.1. The lowest BCUT2D eigenvalue weighted by molar-refractivity contribution is 0.0981. The van der Waals surface area contributed by atoms with Crippen molar-refractivity contribution in [2.75, 3.05) is 18.1 Å². The molecule has 2 heterocycles. The number of hydrogen-bond donors (Lipinski definition) is 0. The van der Waals surface area contributed by atoms with Crippen molar-refractivity contribution in [3.8, 4) is 11.4 Å². The molecule has 1 aromatic carbocycles. The predicted molar refractivity (Wildman–Crippen MR) is 99.0 cm³/mol. The number of nitrogens with zero attached hydrogens (tertiary/aromatic N) is 6. The molecule has 138 valence electrons. The topological polar surface area (TPSA) is 86.0 Å². The Kier molecular flexibility index (Phi) is 4.78. The average Bonchev–Trinajstić information content (AvgIpc) is 3.36.